The topological polar surface area (TPSA) is 97.4 Å². The fraction of sp³-hybridized carbons (Fsp3) is 0.250. The number of imide groups is 1. The van der Waals surface area contributed by atoms with Crippen LogP contribution in [0.1, 0.15) is 24.1 Å². The lowest BCUT2D eigenvalue weighted by Gasteiger charge is -2.37. The van der Waals surface area contributed by atoms with Gasteiger partial charge in [-0.2, -0.15) is 0 Å². The van der Waals surface area contributed by atoms with Crippen molar-refractivity contribution in [2.24, 2.45) is 0 Å². The molecule has 9 nitrogen and oxygen atoms in total. The van der Waals surface area contributed by atoms with Gasteiger partial charge in [0, 0.05) is 6.42 Å². The Morgan fingerprint density at radius 1 is 0.946 bits per heavy atom. The third-order valence-corrected chi connectivity index (χ3v) is 6.92. The van der Waals surface area contributed by atoms with Gasteiger partial charge < -0.3 is 19.5 Å². The van der Waals surface area contributed by atoms with Gasteiger partial charge in [-0.3, -0.25) is 19.4 Å². The van der Waals surface area contributed by atoms with Crippen molar-refractivity contribution in [3.8, 4) is 17.2 Å². The zero-order valence-corrected chi connectivity index (χ0v) is 20.2. The van der Waals surface area contributed by atoms with E-state index in [1.54, 1.807) is 36.1 Å². The maximum atomic E-state index is 13.8. The Balaban J connectivity index is 1.25. The van der Waals surface area contributed by atoms with Gasteiger partial charge in [0.25, 0.3) is 5.91 Å². The Morgan fingerprint density at radius 2 is 1.70 bits per heavy atom. The molecule has 0 aromatic heterocycles. The molecule has 3 aromatic carbocycles. The summed E-state index contributed by atoms with van der Waals surface area (Å²) in [7, 11) is 0. The van der Waals surface area contributed by atoms with Gasteiger partial charge in [-0.15, -0.1) is 0 Å². The van der Waals surface area contributed by atoms with Gasteiger partial charge in [0.15, 0.2) is 11.5 Å². The summed E-state index contributed by atoms with van der Waals surface area (Å²) in [5.74, 6) is 0.985. The van der Waals surface area contributed by atoms with E-state index in [0.29, 0.717) is 22.9 Å². The normalized spacial score (nSPS) is 21.9. The van der Waals surface area contributed by atoms with E-state index < -0.39 is 23.5 Å². The maximum absolute atomic E-state index is 13.8. The summed E-state index contributed by atoms with van der Waals surface area (Å²) in [5.41, 5.74) is 1.10. The van der Waals surface area contributed by atoms with Crippen LogP contribution < -0.4 is 24.4 Å². The maximum Gasteiger partial charge on any atom is 0.325 e. The molecule has 0 saturated carbocycles. The number of nitrogens with zero attached hydrogens (tertiary/aromatic N) is 2. The third-order valence-electron chi connectivity index (χ3n) is 6.92. The van der Waals surface area contributed by atoms with Crippen LogP contribution in [0, 0.1) is 0 Å². The molecular formula is C28H25N3O6. The van der Waals surface area contributed by atoms with E-state index in [1.165, 1.54) is 0 Å². The molecule has 2 atom stereocenters. The Labute approximate surface area is 213 Å². The van der Waals surface area contributed by atoms with Crippen LogP contribution in [0.15, 0.2) is 72.8 Å². The number of benzene rings is 3. The lowest BCUT2D eigenvalue weighted by atomic mass is 9.92. The van der Waals surface area contributed by atoms with E-state index in [-0.39, 0.29) is 32.3 Å². The van der Waals surface area contributed by atoms with E-state index in [9.17, 15) is 14.4 Å². The number of urea groups is 1. The second kappa shape index (κ2) is 8.85. The highest BCUT2D eigenvalue weighted by atomic mass is 16.7. The van der Waals surface area contributed by atoms with Crippen LogP contribution in [0.4, 0.5) is 10.5 Å². The van der Waals surface area contributed by atoms with E-state index in [4.69, 9.17) is 14.2 Å². The van der Waals surface area contributed by atoms with Crippen molar-refractivity contribution in [1.29, 1.82) is 0 Å². The molecule has 0 bridgehead atoms. The zero-order chi connectivity index (χ0) is 25.6. The Morgan fingerprint density at radius 3 is 2.54 bits per heavy atom. The summed E-state index contributed by atoms with van der Waals surface area (Å²) in [6, 6.07) is 21.2. The summed E-state index contributed by atoms with van der Waals surface area (Å²) in [5, 5.41) is 2.79. The first-order valence-corrected chi connectivity index (χ1v) is 12.0. The van der Waals surface area contributed by atoms with E-state index in [2.05, 4.69) is 5.32 Å². The van der Waals surface area contributed by atoms with Gasteiger partial charge in [0.05, 0.1) is 11.7 Å². The predicted octanol–water partition coefficient (Wildman–Crippen LogP) is 3.44. The number of fused-ring (bicyclic) bond motifs is 2. The minimum absolute atomic E-state index is 0.149. The van der Waals surface area contributed by atoms with Gasteiger partial charge in [-0.25, -0.2) is 4.79 Å². The summed E-state index contributed by atoms with van der Waals surface area (Å²) in [6.07, 6.45) is 0.242. The number of hydrogen-bond donors (Lipinski definition) is 1. The molecule has 0 radical (unpaired) electrons. The van der Waals surface area contributed by atoms with E-state index in [0.717, 1.165) is 16.0 Å². The molecule has 1 N–H and O–H groups in total. The Bertz CT molecular complexity index is 1390. The lowest BCUT2D eigenvalue weighted by Crippen LogP contribution is -2.49. The highest BCUT2D eigenvalue weighted by molar-refractivity contribution is 6.10. The van der Waals surface area contributed by atoms with Crippen molar-refractivity contribution in [3.05, 3.63) is 83.9 Å². The molecule has 3 aliphatic rings. The highest BCUT2D eigenvalue weighted by Gasteiger charge is 2.49. The standard InChI is InChI=1S/C28H25N3O6/c1-28(14-18-11-12-23-24(13-18)37-17-36-23)26(33)30(27(34)29-28)15-25(32)31-20-9-5-6-10-22(20)35-16-21(31)19-7-3-2-4-8-19/h2-13,21H,14-17H2,1H3,(H,29,34). The van der Waals surface area contributed by atoms with Crippen molar-refractivity contribution in [3.63, 3.8) is 0 Å². The number of rotatable bonds is 5. The Kier molecular flexibility index (Phi) is 5.48. The Hall–Kier alpha value is -4.53. The predicted molar refractivity (Wildman–Crippen MR) is 134 cm³/mol. The van der Waals surface area contributed by atoms with Gasteiger partial charge in [-0.1, -0.05) is 48.5 Å². The van der Waals surface area contributed by atoms with Crippen LogP contribution in [0.25, 0.3) is 0 Å². The number of hydrogen-bond acceptors (Lipinski definition) is 6. The molecule has 3 aliphatic heterocycles. The quantitative estimate of drug-likeness (QED) is 0.541. The molecule has 3 aromatic rings. The van der Waals surface area contributed by atoms with Gasteiger partial charge in [-0.05, 0) is 42.3 Å². The fourth-order valence-electron chi connectivity index (χ4n) is 5.10. The monoisotopic (exact) mass is 499 g/mol. The van der Waals surface area contributed by atoms with Crippen molar-refractivity contribution in [2.75, 3.05) is 24.8 Å². The highest BCUT2D eigenvalue weighted by Crippen LogP contribution is 2.40. The first-order chi connectivity index (χ1) is 17.9. The SMILES string of the molecule is CC1(Cc2ccc3c(c2)OCO3)NC(=O)N(CC(=O)N2c3ccccc3OCC2c2ccccc2)C1=O. The molecule has 4 amide bonds. The number of anilines is 1. The minimum atomic E-state index is -1.20. The molecule has 9 heteroatoms. The second-order valence-corrected chi connectivity index (χ2v) is 9.49. The molecule has 1 fully saturated rings. The van der Waals surface area contributed by atoms with Gasteiger partial charge in [0.1, 0.15) is 24.4 Å². The van der Waals surface area contributed by atoms with Crippen molar-refractivity contribution >= 4 is 23.5 Å². The second-order valence-electron chi connectivity index (χ2n) is 9.49. The average molecular weight is 500 g/mol. The van der Waals surface area contributed by atoms with E-state index >= 15 is 0 Å². The van der Waals surface area contributed by atoms with Crippen LogP contribution in [-0.2, 0) is 16.0 Å². The van der Waals surface area contributed by atoms with Crippen LogP contribution >= 0.6 is 0 Å². The molecular weight excluding hydrogens is 474 g/mol. The van der Waals surface area contributed by atoms with Crippen LogP contribution in [-0.4, -0.2) is 48.2 Å². The number of carbonyl (C=O) groups excluding carboxylic acids is 3. The van der Waals surface area contributed by atoms with Crippen molar-refractivity contribution in [1.82, 2.24) is 10.2 Å². The van der Waals surface area contributed by atoms with Crippen molar-refractivity contribution in [2.45, 2.75) is 24.9 Å². The summed E-state index contributed by atoms with van der Waals surface area (Å²) in [6.45, 7) is 1.68. The number of para-hydroxylation sites is 2. The number of nitrogens with one attached hydrogen (secondary N) is 1. The third kappa shape index (κ3) is 4.02. The summed E-state index contributed by atoms with van der Waals surface area (Å²) in [4.78, 5) is 42.8. The van der Waals surface area contributed by atoms with E-state index in [1.807, 2.05) is 48.5 Å². The molecule has 37 heavy (non-hydrogen) atoms. The molecule has 0 spiro atoms. The first-order valence-electron chi connectivity index (χ1n) is 12.0. The van der Waals surface area contributed by atoms with Crippen LogP contribution in [0.2, 0.25) is 0 Å². The molecule has 6 rings (SSSR count). The summed E-state index contributed by atoms with van der Waals surface area (Å²) < 4.78 is 16.7. The number of amides is 4. The first kappa shape index (κ1) is 22.9. The van der Waals surface area contributed by atoms with Crippen molar-refractivity contribution < 1.29 is 28.6 Å². The lowest BCUT2D eigenvalue weighted by molar-refractivity contribution is -0.134. The van der Waals surface area contributed by atoms with Gasteiger partial charge >= 0.3 is 6.03 Å². The summed E-state index contributed by atoms with van der Waals surface area (Å²) >= 11 is 0. The van der Waals surface area contributed by atoms with Crippen LogP contribution in [0.3, 0.4) is 0 Å². The van der Waals surface area contributed by atoms with Crippen LogP contribution in [0.5, 0.6) is 17.2 Å². The average Bonchev–Trinajstić information content (AvgIpc) is 3.46. The minimum Gasteiger partial charge on any atom is -0.489 e. The molecule has 0 aliphatic carbocycles. The molecule has 1 saturated heterocycles. The smallest absolute Gasteiger partial charge is 0.325 e. The van der Waals surface area contributed by atoms with Gasteiger partial charge in [0.2, 0.25) is 12.7 Å². The zero-order valence-electron chi connectivity index (χ0n) is 20.2. The number of ether oxygens (including phenoxy) is 3. The fourth-order valence-corrected chi connectivity index (χ4v) is 5.10. The largest absolute Gasteiger partial charge is 0.489 e. The molecule has 188 valence electrons. The molecule has 3 heterocycles. The number of carbonyl (C=O) groups is 3. The molecule has 2 unspecified atom stereocenters.